The van der Waals surface area contributed by atoms with E-state index in [2.05, 4.69) is 27.5 Å². The molecule has 5 unspecified atom stereocenters. The molecule has 2 bridgehead atoms. The van der Waals surface area contributed by atoms with Crippen LogP contribution in [0.4, 0.5) is 24.8 Å². The number of ether oxygens (including phenoxy) is 2. The van der Waals surface area contributed by atoms with Crippen molar-refractivity contribution in [1.82, 2.24) is 20.6 Å². The normalized spacial score (nSPS) is 31.7. The lowest BCUT2D eigenvalue weighted by molar-refractivity contribution is -0.152. The quantitative estimate of drug-likeness (QED) is 0.332. The summed E-state index contributed by atoms with van der Waals surface area (Å²) in [5, 5.41) is 16.4. The molecular formula is C36H44F3N5O5. The zero-order valence-corrected chi connectivity index (χ0v) is 27.8. The number of aromatic nitrogens is 2. The number of carbonyl (C=O) groups excluding carboxylic acids is 1. The SMILES string of the molecule is CC12CC3CC1CC2CC3(NC(=O)c1cnc(N2CC3(CCNCC3)c3cc(OCCC4CCOCC4)ccc32)nc1C(F)(F)F)C(=O)O. The topological polar surface area (TPSA) is 126 Å². The zero-order chi connectivity index (χ0) is 34.2. The van der Waals surface area contributed by atoms with Crippen molar-refractivity contribution in [2.75, 3.05) is 44.4 Å². The summed E-state index contributed by atoms with van der Waals surface area (Å²) in [6.45, 7) is 6.23. The summed E-state index contributed by atoms with van der Waals surface area (Å²) in [4.78, 5) is 36.5. The predicted molar refractivity (Wildman–Crippen MR) is 173 cm³/mol. The standard InChI is InChI=1S/C36H44F3N5O5/c1-33-17-24-15-22(33)14-23(33)18-35(24,31(46)47)43-30(45)26-19-41-32(42-29(26)36(37,38)39)44-20-34(7-9-40-10-8-34)27-16-25(2-3-28(27)44)49-13-6-21-4-11-48-12-5-21/h2-3,16,19,21-24,40H,4-15,17-18,20H2,1H3,(H,43,45)(H,46,47). The van der Waals surface area contributed by atoms with Crippen molar-refractivity contribution in [2.24, 2.45) is 29.1 Å². The first-order valence-corrected chi connectivity index (χ1v) is 17.8. The molecule has 0 radical (unpaired) electrons. The minimum absolute atomic E-state index is 0.0473. The number of rotatable bonds is 8. The van der Waals surface area contributed by atoms with Crippen molar-refractivity contribution in [3.8, 4) is 5.75 Å². The second-order valence-electron chi connectivity index (χ2n) is 15.6. The molecule has 1 aromatic heterocycles. The third-order valence-electron chi connectivity index (χ3n) is 13.2. The van der Waals surface area contributed by atoms with Crippen LogP contribution in [0, 0.1) is 29.1 Å². The van der Waals surface area contributed by atoms with Crippen LogP contribution in [0.5, 0.6) is 5.75 Å². The lowest BCUT2D eigenvalue weighted by Gasteiger charge is -2.55. The van der Waals surface area contributed by atoms with E-state index in [9.17, 15) is 27.9 Å². The van der Waals surface area contributed by atoms with Gasteiger partial charge in [-0.25, -0.2) is 14.8 Å². The van der Waals surface area contributed by atoms with E-state index in [4.69, 9.17) is 9.47 Å². The Balaban J connectivity index is 1.08. The first kappa shape index (κ1) is 32.7. The molecule has 1 spiro atoms. The molecule has 5 fully saturated rings. The number of halogens is 3. The molecular weight excluding hydrogens is 639 g/mol. The van der Waals surface area contributed by atoms with Gasteiger partial charge in [0.25, 0.3) is 5.91 Å². The average molecular weight is 684 g/mol. The van der Waals surface area contributed by atoms with E-state index in [-0.39, 0.29) is 35.0 Å². The van der Waals surface area contributed by atoms with Crippen molar-refractivity contribution >= 4 is 23.5 Å². The monoisotopic (exact) mass is 683 g/mol. The number of nitrogens with one attached hydrogen (secondary N) is 2. The van der Waals surface area contributed by atoms with Crippen LogP contribution < -0.4 is 20.3 Å². The number of alkyl halides is 3. The molecule has 1 amide bonds. The Bertz CT molecular complexity index is 1640. The van der Waals surface area contributed by atoms with Gasteiger partial charge in [-0.15, -0.1) is 0 Å². The molecule has 3 aliphatic carbocycles. The number of carboxylic acids is 1. The number of hydrogen-bond donors (Lipinski definition) is 3. The van der Waals surface area contributed by atoms with E-state index >= 15 is 0 Å². The number of piperidine rings is 1. The molecule has 4 heterocycles. The van der Waals surface area contributed by atoms with Gasteiger partial charge in [-0.3, -0.25) is 4.79 Å². The van der Waals surface area contributed by atoms with Gasteiger partial charge in [-0.1, -0.05) is 6.92 Å². The maximum atomic E-state index is 14.7. The van der Waals surface area contributed by atoms with E-state index in [1.807, 2.05) is 18.2 Å². The summed E-state index contributed by atoms with van der Waals surface area (Å²) in [7, 11) is 0. The number of anilines is 2. The largest absolute Gasteiger partial charge is 0.494 e. The smallest absolute Gasteiger partial charge is 0.434 e. The van der Waals surface area contributed by atoms with Crippen molar-refractivity contribution in [3.05, 3.63) is 41.2 Å². The number of benzene rings is 1. The van der Waals surface area contributed by atoms with Gasteiger partial charge in [0.05, 0.1) is 12.2 Å². The first-order valence-electron chi connectivity index (χ1n) is 17.8. The second kappa shape index (κ2) is 11.8. The number of nitrogens with zero attached hydrogens (tertiary/aromatic N) is 3. The van der Waals surface area contributed by atoms with Gasteiger partial charge in [0.1, 0.15) is 11.3 Å². The number of amides is 1. The lowest BCUT2D eigenvalue weighted by Crippen LogP contribution is -2.63. The predicted octanol–water partition coefficient (Wildman–Crippen LogP) is 5.47. The molecule has 10 nitrogen and oxygen atoms in total. The summed E-state index contributed by atoms with van der Waals surface area (Å²) in [6, 6.07) is 5.73. The van der Waals surface area contributed by atoms with Gasteiger partial charge in [0, 0.05) is 37.1 Å². The molecule has 8 rings (SSSR count). The highest BCUT2D eigenvalue weighted by atomic mass is 19.4. The average Bonchev–Trinajstić information content (AvgIpc) is 3.41. The minimum Gasteiger partial charge on any atom is -0.494 e. The molecule has 1 aromatic carbocycles. The van der Waals surface area contributed by atoms with Crippen LogP contribution in [0.15, 0.2) is 24.4 Å². The van der Waals surface area contributed by atoms with Crippen molar-refractivity contribution in [3.63, 3.8) is 0 Å². The van der Waals surface area contributed by atoms with Crippen molar-refractivity contribution < 1.29 is 37.3 Å². The summed E-state index contributed by atoms with van der Waals surface area (Å²) in [5.74, 6) is -0.982. The van der Waals surface area contributed by atoms with Crippen LogP contribution in [0.2, 0.25) is 0 Å². The third-order valence-corrected chi connectivity index (χ3v) is 13.2. The number of aliphatic carboxylic acids is 1. The number of fused-ring (bicyclic) bond motifs is 3. The molecule has 6 aliphatic rings. The molecule has 5 atom stereocenters. The Kier molecular flexibility index (Phi) is 7.90. The van der Waals surface area contributed by atoms with Gasteiger partial charge in [-0.05, 0) is 124 Å². The molecule has 264 valence electrons. The number of carboxylic acid groups (broad SMARTS) is 1. The maximum absolute atomic E-state index is 14.7. The van der Waals surface area contributed by atoms with Gasteiger partial charge < -0.3 is 30.1 Å². The lowest BCUT2D eigenvalue weighted by atomic mass is 9.50. The van der Waals surface area contributed by atoms with Gasteiger partial charge >= 0.3 is 12.1 Å². The van der Waals surface area contributed by atoms with Crippen LogP contribution in [0.3, 0.4) is 0 Å². The van der Waals surface area contributed by atoms with Crippen molar-refractivity contribution in [1.29, 1.82) is 0 Å². The summed E-state index contributed by atoms with van der Waals surface area (Å²) < 4.78 is 55.7. The molecule has 3 N–H and O–H groups in total. The summed E-state index contributed by atoms with van der Waals surface area (Å²) >= 11 is 0. The summed E-state index contributed by atoms with van der Waals surface area (Å²) in [5.41, 5.74) is -2.31. The Morgan fingerprint density at radius 2 is 1.88 bits per heavy atom. The van der Waals surface area contributed by atoms with E-state index in [1.165, 1.54) is 0 Å². The Hall–Kier alpha value is -3.45. The second-order valence-corrected chi connectivity index (χ2v) is 15.6. The molecule has 3 saturated carbocycles. The van der Waals surface area contributed by atoms with Gasteiger partial charge in [0.15, 0.2) is 5.69 Å². The highest BCUT2D eigenvalue weighted by molar-refractivity contribution is 5.99. The van der Waals surface area contributed by atoms with Crippen LogP contribution in [0.25, 0.3) is 0 Å². The third kappa shape index (κ3) is 5.37. The van der Waals surface area contributed by atoms with Gasteiger partial charge in [-0.2, -0.15) is 13.2 Å². The first-order chi connectivity index (χ1) is 23.4. The van der Waals surface area contributed by atoms with Crippen LogP contribution in [-0.4, -0.2) is 71.9 Å². The number of hydrogen-bond acceptors (Lipinski definition) is 8. The van der Waals surface area contributed by atoms with Crippen LogP contribution in [-0.2, 0) is 21.1 Å². The van der Waals surface area contributed by atoms with E-state index < -0.39 is 34.8 Å². The fourth-order valence-electron chi connectivity index (χ4n) is 10.2. The highest BCUT2D eigenvalue weighted by Crippen LogP contribution is 2.70. The molecule has 2 aromatic rings. The van der Waals surface area contributed by atoms with E-state index in [1.54, 1.807) is 4.90 Å². The Labute approximate surface area is 283 Å². The number of carbonyl (C=O) groups is 2. The fourth-order valence-corrected chi connectivity index (χ4v) is 10.2. The molecule has 13 heteroatoms. The molecule has 2 saturated heterocycles. The van der Waals surface area contributed by atoms with Crippen LogP contribution >= 0.6 is 0 Å². The molecule has 49 heavy (non-hydrogen) atoms. The van der Waals surface area contributed by atoms with E-state index in [0.717, 1.165) is 88.0 Å². The Morgan fingerprint density at radius 3 is 2.61 bits per heavy atom. The maximum Gasteiger partial charge on any atom is 0.434 e. The minimum atomic E-state index is -4.97. The van der Waals surface area contributed by atoms with E-state index in [0.29, 0.717) is 37.8 Å². The Morgan fingerprint density at radius 1 is 1.12 bits per heavy atom. The fraction of sp³-hybridized carbons (Fsp3) is 0.667. The van der Waals surface area contributed by atoms with Crippen molar-refractivity contribution in [2.45, 2.75) is 81.8 Å². The highest BCUT2D eigenvalue weighted by Gasteiger charge is 2.69. The summed E-state index contributed by atoms with van der Waals surface area (Å²) in [6.07, 6.45) is 2.90. The van der Waals surface area contributed by atoms with Gasteiger partial charge in [0.2, 0.25) is 5.95 Å². The zero-order valence-electron chi connectivity index (χ0n) is 27.8. The molecule has 3 aliphatic heterocycles. The van der Waals surface area contributed by atoms with Crippen LogP contribution in [0.1, 0.15) is 86.3 Å².